The SMILES string of the molecule is COCCOC(=O)c1c(C)oc2cc(Br)c(OCc3cccc([N+](=O)[O-])c3)cc12. The number of non-ortho nitro benzene ring substituents is 1. The highest BCUT2D eigenvalue weighted by molar-refractivity contribution is 9.10. The topological polar surface area (TPSA) is 101 Å². The molecule has 0 bridgehead atoms. The average Bonchev–Trinajstić information content (AvgIpc) is 3.01. The number of rotatable bonds is 8. The number of nitrogens with zero attached hydrogens (tertiary/aromatic N) is 1. The van der Waals surface area contributed by atoms with E-state index < -0.39 is 10.9 Å². The summed E-state index contributed by atoms with van der Waals surface area (Å²) in [5.41, 5.74) is 1.47. The van der Waals surface area contributed by atoms with Gasteiger partial charge in [0.25, 0.3) is 5.69 Å². The van der Waals surface area contributed by atoms with Gasteiger partial charge >= 0.3 is 5.97 Å². The quantitative estimate of drug-likeness (QED) is 0.204. The molecule has 2 aromatic carbocycles. The molecule has 0 atom stereocenters. The molecule has 0 radical (unpaired) electrons. The fourth-order valence-corrected chi connectivity index (χ4v) is 3.23. The van der Waals surface area contributed by atoms with Crippen molar-refractivity contribution in [3.05, 3.63) is 67.9 Å². The van der Waals surface area contributed by atoms with Gasteiger partial charge in [0.05, 0.1) is 16.0 Å². The molecule has 0 N–H and O–H groups in total. The molecule has 0 unspecified atom stereocenters. The summed E-state index contributed by atoms with van der Waals surface area (Å²) in [5, 5.41) is 11.5. The summed E-state index contributed by atoms with van der Waals surface area (Å²) < 4.78 is 22.2. The van der Waals surface area contributed by atoms with E-state index >= 15 is 0 Å². The van der Waals surface area contributed by atoms with Crippen molar-refractivity contribution in [1.82, 2.24) is 0 Å². The molecule has 0 saturated carbocycles. The molecule has 0 saturated heterocycles. The highest BCUT2D eigenvalue weighted by Gasteiger charge is 2.21. The summed E-state index contributed by atoms with van der Waals surface area (Å²) in [6.45, 7) is 2.23. The summed E-state index contributed by atoms with van der Waals surface area (Å²) in [5.74, 6) is 0.395. The van der Waals surface area contributed by atoms with E-state index in [1.807, 2.05) is 0 Å². The van der Waals surface area contributed by atoms with Crippen molar-refractivity contribution in [2.24, 2.45) is 0 Å². The van der Waals surface area contributed by atoms with Gasteiger partial charge in [0.1, 0.15) is 35.9 Å². The third-order valence-electron chi connectivity index (χ3n) is 4.16. The molecule has 3 rings (SSSR count). The Kier molecular flexibility index (Phi) is 6.50. The Hall–Kier alpha value is -2.91. The van der Waals surface area contributed by atoms with Crippen molar-refractivity contribution in [3.63, 3.8) is 0 Å². The zero-order valence-corrected chi connectivity index (χ0v) is 17.4. The van der Waals surface area contributed by atoms with Gasteiger partial charge in [0, 0.05) is 24.6 Å². The van der Waals surface area contributed by atoms with E-state index in [1.165, 1.54) is 19.2 Å². The van der Waals surface area contributed by atoms with Gasteiger partial charge in [-0.05, 0) is 40.5 Å². The Morgan fingerprint density at radius 1 is 1.24 bits per heavy atom. The van der Waals surface area contributed by atoms with Gasteiger partial charge in [-0.25, -0.2) is 4.79 Å². The smallest absolute Gasteiger partial charge is 0.342 e. The molecule has 0 amide bonds. The van der Waals surface area contributed by atoms with E-state index in [-0.39, 0.29) is 18.9 Å². The number of esters is 1. The number of halogens is 1. The molecule has 9 heteroatoms. The number of nitro benzene ring substituents is 1. The molecular formula is C20H18BrNO7. The summed E-state index contributed by atoms with van der Waals surface area (Å²) in [6.07, 6.45) is 0. The number of carbonyl (C=O) groups excluding carboxylic acids is 1. The van der Waals surface area contributed by atoms with E-state index in [0.717, 1.165) is 0 Å². The predicted molar refractivity (Wildman–Crippen MR) is 108 cm³/mol. The van der Waals surface area contributed by atoms with Gasteiger partial charge in [-0.3, -0.25) is 10.1 Å². The number of fused-ring (bicyclic) bond motifs is 1. The third-order valence-corrected chi connectivity index (χ3v) is 4.78. The molecular weight excluding hydrogens is 446 g/mol. The van der Waals surface area contributed by atoms with Gasteiger partial charge in [0.15, 0.2) is 0 Å². The Morgan fingerprint density at radius 3 is 2.76 bits per heavy atom. The molecule has 0 aliphatic carbocycles. The lowest BCUT2D eigenvalue weighted by Gasteiger charge is -2.09. The summed E-state index contributed by atoms with van der Waals surface area (Å²) in [7, 11) is 1.52. The van der Waals surface area contributed by atoms with Gasteiger partial charge in [-0.15, -0.1) is 0 Å². The van der Waals surface area contributed by atoms with Gasteiger partial charge in [-0.1, -0.05) is 12.1 Å². The maximum absolute atomic E-state index is 12.4. The van der Waals surface area contributed by atoms with Crippen LogP contribution in [0.4, 0.5) is 5.69 Å². The molecule has 8 nitrogen and oxygen atoms in total. The Labute approximate surface area is 174 Å². The van der Waals surface area contributed by atoms with Crippen LogP contribution in [-0.4, -0.2) is 31.2 Å². The minimum atomic E-state index is -0.509. The Bertz CT molecular complexity index is 1060. The second kappa shape index (κ2) is 9.06. The highest BCUT2D eigenvalue weighted by Crippen LogP contribution is 2.35. The summed E-state index contributed by atoms with van der Waals surface area (Å²) >= 11 is 3.42. The molecule has 152 valence electrons. The number of ether oxygens (including phenoxy) is 3. The zero-order valence-electron chi connectivity index (χ0n) is 15.8. The van der Waals surface area contributed by atoms with Crippen LogP contribution in [0.2, 0.25) is 0 Å². The number of benzene rings is 2. The number of hydrogen-bond donors (Lipinski definition) is 0. The first kappa shape index (κ1) is 20.8. The lowest BCUT2D eigenvalue weighted by Crippen LogP contribution is -2.10. The minimum Gasteiger partial charge on any atom is -0.488 e. The Morgan fingerprint density at radius 2 is 2.03 bits per heavy atom. The number of methoxy groups -OCH3 is 1. The van der Waals surface area contributed by atoms with Crippen LogP contribution in [0.3, 0.4) is 0 Å². The standard InChI is InChI=1S/C20H18BrNO7/c1-12-19(20(23)27-7-6-26-2)15-9-18(16(21)10-17(15)29-12)28-11-13-4-3-5-14(8-13)22(24)25/h3-5,8-10H,6-7,11H2,1-2H3. The van der Waals surface area contributed by atoms with E-state index in [2.05, 4.69) is 15.9 Å². The molecule has 0 spiro atoms. The minimum absolute atomic E-state index is 0.00725. The van der Waals surface area contributed by atoms with Gasteiger partial charge < -0.3 is 18.6 Å². The lowest BCUT2D eigenvalue weighted by atomic mass is 10.1. The number of aryl methyl sites for hydroxylation is 1. The van der Waals surface area contributed by atoms with Crippen LogP contribution in [0, 0.1) is 17.0 Å². The molecule has 0 aliphatic heterocycles. The largest absolute Gasteiger partial charge is 0.488 e. The number of nitro groups is 1. The maximum Gasteiger partial charge on any atom is 0.342 e. The number of furan rings is 1. The second-order valence-electron chi connectivity index (χ2n) is 6.16. The zero-order chi connectivity index (χ0) is 21.0. The number of hydrogen-bond acceptors (Lipinski definition) is 7. The van der Waals surface area contributed by atoms with Gasteiger partial charge in [0.2, 0.25) is 0 Å². The van der Waals surface area contributed by atoms with Crippen LogP contribution < -0.4 is 4.74 Å². The van der Waals surface area contributed by atoms with Crippen LogP contribution in [0.1, 0.15) is 21.7 Å². The van der Waals surface area contributed by atoms with Crippen LogP contribution in [0.25, 0.3) is 11.0 Å². The van der Waals surface area contributed by atoms with Crippen LogP contribution in [-0.2, 0) is 16.1 Å². The Balaban J connectivity index is 1.86. The van der Waals surface area contributed by atoms with Crippen molar-refractivity contribution in [3.8, 4) is 5.75 Å². The monoisotopic (exact) mass is 463 g/mol. The van der Waals surface area contributed by atoms with E-state index in [1.54, 1.807) is 31.2 Å². The average molecular weight is 464 g/mol. The van der Waals surface area contributed by atoms with Crippen LogP contribution in [0.15, 0.2) is 45.3 Å². The second-order valence-corrected chi connectivity index (χ2v) is 7.01. The summed E-state index contributed by atoms with van der Waals surface area (Å²) in [6, 6.07) is 9.59. The normalized spacial score (nSPS) is 10.9. The number of carbonyl (C=O) groups is 1. The first-order valence-electron chi connectivity index (χ1n) is 8.65. The van der Waals surface area contributed by atoms with Crippen LogP contribution >= 0.6 is 15.9 Å². The fraction of sp³-hybridized carbons (Fsp3) is 0.250. The highest BCUT2D eigenvalue weighted by atomic mass is 79.9. The van der Waals surface area contributed by atoms with Crippen molar-refractivity contribution in [2.75, 3.05) is 20.3 Å². The molecule has 1 aromatic heterocycles. The lowest BCUT2D eigenvalue weighted by molar-refractivity contribution is -0.384. The van der Waals surface area contributed by atoms with Crippen molar-refractivity contribution >= 4 is 38.6 Å². The first-order chi connectivity index (χ1) is 13.9. The molecule has 1 heterocycles. The van der Waals surface area contributed by atoms with Crippen molar-refractivity contribution in [1.29, 1.82) is 0 Å². The van der Waals surface area contributed by atoms with E-state index in [4.69, 9.17) is 18.6 Å². The van der Waals surface area contributed by atoms with E-state index in [0.29, 0.717) is 44.7 Å². The van der Waals surface area contributed by atoms with Gasteiger partial charge in [-0.2, -0.15) is 0 Å². The molecule has 0 aliphatic rings. The maximum atomic E-state index is 12.4. The first-order valence-corrected chi connectivity index (χ1v) is 9.45. The fourth-order valence-electron chi connectivity index (χ4n) is 2.80. The van der Waals surface area contributed by atoms with E-state index in [9.17, 15) is 14.9 Å². The molecule has 3 aromatic rings. The van der Waals surface area contributed by atoms with Crippen molar-refractivity contribution in [2.45, 2.75) is 13.5 Å². The van der Waals surface area contributed by atoms with Crippen LogP contribution in [0.5, 0.6) is 5.75 Å². The predicted octanol–water partition coefficient (Wildman–Crippen LogP) is 4.79. The molecule has 0 fully saturated rings. The van der Waals surface area contributed by atoms with Crippen molar-refractivity contribution < 1.29 is 28.3 Å². The summed E-state index contributed by atoms with van der Waals surface area (Å²) in [4.78, 5) is 22.9. The third kappa shape index (κ3) is 4.75. The molecule has 29 heavy (non-hydrogen) atoms.